The first-order valence-electron chi connectivity index (χ1n) is 5.60. The van der Waals surface area contributed by atoms with E-state index < -0.39 is 25.2 Å². The highest BCUT2D eigenvalue weighted by Gasteiger charge is 2.27. The molecule has 19 heavy (non-hydrogen) atoms. The van der Waals surface area contributed by atoms with Gasteiger partial charge in [0.1, 0.15) is 5.75 Å². The third-order valence-corrected chi connectivity index (χ3v) is 2.20. The number of ether oxygens (including phenoxy) is 2. The van der Waals surface area contributed by atoms with Gasteiger partial charge in [0, 0.05) is 0 Å². The summed E-state index contributed by atoms with van der Waals surface area (Å²) in [5, 5.41) is 0. The van der Waals surface area contributed by atoms with E-state index in [2.05, 4.69) is 0 Å². The van der Waals surface area contributed by atoms with Crippen molar-refractivity contribution in [2.45, 2.75) is 19.5 Å². The first kappa shape index (κ1) is 15.1. The Balaban J connectivity index is 2.75. The number of benzene rings is 1. The van der Waals surface area contributed by atoms with Crippen LogP contribution in [0.3, 0.4) is 0 Å². The van der Waals surface area contributed by atoms with E-state index in [4.69, 9.17) is 15.2 Å². The molecule has 7 heteroatoms. The van der Waals surface area contributed by atoms with E-state index >= 15 is 0 Å². The number of para-hydroxylation sites is 1. The highest BCUT2D eigenvalue weighted by Crippen LogP contribution is 2.27. The molecule has 0 amide bonds. The van der Waals surface area contributed by atoms with Crippen LogP contribution in [0.5, 0.6) is 5.75 Å². The molecule has 0 heterocycles. The predicted octanol–water partition coefficient (Wildman–Crippen LogP) is 2.78. The maximum absolute atomic E-state index is 12.0. The molecule has 0 aromatic heterocycles. The average Bonchev–Trinajstić information content (AvgIpc) is 2.30. The Hall–Kier alpha value is -1.92. The number of nitrogen functional groups attached to an aromatic ring is 1. The highest BCUT2D eigenvalue weighted by molar-refractivity contribution is 5.96. The van der Waals surface area contributed by atoms with Crippen molar-refractivity contribution in [1.82, 2.24) is 0 Å². The van der Waals surface area contributed by atoms with Gasteiger partial charge < -0.3 is 15.2 Å². The Morgan fingerprint density at radius 2 is 2.05 bits per heavy atom. The fourth-order valence-corrected chi connectivity index (χ4v) is 1.33. The summed E-state index contributed by atoms with van der Waals surface area (Å²) in [6.45, 7) is 1.26. The van der Waals surface area contributed by atoms with Gasteiger partial charge in [-0.2, -0.15) is 13.2 Å². The molecule has 0 aliphatic rings. The third-order valence-electron chi connectivity index (χ3n) is 2.20. The summed E-state index contributed by atoms with van der Waals surface area (Å²) in [6, 6.07) is 4.28. The Labute approximate surface area is 108 Å². The maximum atomic E-state index is 12.0. The lowest BCUT2D eigenvalue weighted by Crippen LogP contribution is -2.14. The third kappa shape index (κ3) is 4.69. The van der Waals surface area contributed by atoms with Gasteiger partial charge in [-0.05, 0) is 19.1 Å². The van der Waals surface area contributed by atoms with Crippen LogP contribution in [0.1, 0.15) is 23.7 Å². The van der Waals surface area contributed by atoms with Crippen LogP contribution in [-0.2, 0) is 4.74 Å². The van der Waals surface area contributed by atoms with Crippen molar-refractivity contribution in [3.8, 4) is 5.75 Å². The molecule has 1 aromatic carbocycles. The average molecular weight is 277 g/mol. The number of carbonyl (C=O) groups excluding carboxylic acids is 1. The Morgan fingerprint density at radius 3 is 2.63 bits per heavy atom. The number of hydrogen-bond acceptors (Lipinski definition) is 4. The van der Waals surface area contributed by atoms with E-state index in [-0.39, 0.29) is 23.6 Å². The summed E-state index contributed by atoms with van der Waals surface area (Å²) in [5.41, 5.74) is 5.71. The SMILES string of the molecule is CCOC(=O)c1cccc(OCCC(F)(F)F)c1N. The van der Waals surface area contributed by atoms with E-state index in [1.165, 1.54) is 18.2 Å². The van der Waals surface area contributed by atoms with Crippen LogP contribution in [0.4, 0.5) is 18.9 Å². The number of rotatable bonds is 5. The van der Waals surface area contributed by atoms with Crippen molar-refractivity contribution in [2.75, 3.05) is 18.9 Å². The van der Waals surface area contributed by atoms with Crippen molar-refractivity contribution in [1.29, 1.82) is 0 Å². The van der Waals surface area contributed by atoms with E-state index in [9.17, 15) is 18.0 Å². The zero-order valence-corrected chi connectivity index (χ0v) is 10.3. The number of esters is 1. The van der Waals surface area contributed by atoms with Gasteiger partial charge in [0.15, 0.2) is 0 Å². The quantitative estimate of drug-likeness (QED) is 0.664. The number of hydrogen-bond donors (Lipinski definition) is 1. The van der Waals surface area contributed by atoms with Gasteiger partial charge in [0.2, 0.25) is 0 Å². The Kier molecular flexibility index (Phi) is 5.02. The molecule has 106 valence electrons. The largest absolute Gasteiger partial charge is 0.491 e. The second kappa shape index (κ2) is 6.31. The van der Waals surface area contributed by atoms with Crippen LogP contribution in [0.25, 0.3) is 0 Å². The van der Waals surface area contributed by atoms with Crippen molar-refractivity contribution in [3.05, 3.63) is 23.8 Å². The predicted molar refractivity (Wildman–Crippen MR) is 63.0 cm³/mol. The van der Waals surface area contributed by atoms with Gasteiger partial charge in [-0.15, -0.1) is 0 Å². The molecule has 0 bridgehead atoms. The Morgan fingerprint density at radius 1 is 1.37 bits per heavy atom. The molecule has 1 aromatic rings. The highest BCUT2D eigenvalue weighted by atomic mass is 19.4. The first-order chi connectivity index (χ1) is 8.85. The van der Waals surface area contributed by atoms with Gasteiger partial charge in [-0.25, -0.2) is 4.79 Å². The van der Waals surface area contributed by atoms with Crippen LogP contribution >= 0.6 is 0 Å². The Bertz CT molecular complexity index is 446. The summed E-state index contributed by atoms with van der Waals surface area (Å²) >= 11 is 0. The van der Waals surface area contributed by atoms with Gasteiger partial charge in [-0.1, -0.05) is 6.07 Å². The summed E-state index contributed by atoms with van der Waals surface area (Å²) in [4.78, 5) is 11.5. The standard InChI is InChI=1S/C12H14F3NO3/c1-2-18-11(17)8-4-3-5-9(10(8)16)19-7-6-12(13,14)15/h3-5H,2,6-7,16H2,1H3. The van der Waals surface area contributed by atoms with Gasteiger partial charge >= 0.3 is 12.1 Å². The fraction of sp³-hybridized carbons (Fsp3) is 0.417. The number of anilines is 1. The zero-order valence-electron chi connectivity index (χ0n) is 10.3. The second-order valence-electron chi connectivity index (χ2n) is 3.65. The number of alkyl halides is 3. The molecule has 1 rings (SSSR count). The molecule has 0 aliphatic heterocycles. The van der Waals surface area contributed by atoms with Gasteiger partial charge in [0.05, 0.1) is 30.9 Å². The van der Waals surface area contributed by atoms with Crippen molar-refractivity contribution in [3.63, 3.8) is 0 Å². The number of halogens is 3. The lowest BCUT2D eigenvalue weighted by atomic mass is 10.1. The van der Waals surface area contributed by atoms with Crippen LogP contribution in [0.15, 0.2) is 18.2 Å². The molecule has 0 unspecified atom stereocenters. The molecular formula is C12H14F3NO3. The molecule has 0 saturated heterocycles. The van der Waals surface area contributed by atoms with Crippen molar-refractivity contribution < 1.29 is 27.4 Å². The minimum Gasteiger partial charge on any atom is -0.491 e. The second-order valence-corrected chi connectivity index (χ2v) is 3.65. The lowest BCUT2D eigenvalue weighted by molar-refractivity contribution is -0.139. The minimum absolute atomic E-state index is 0.0249. The summed E-state index contributed by atoms with van der Waals surface area (Å²) in [6.07, 6.45) is -5.39. The maximum Gasteiger partial charge on any atom is 0.392 e. The topological polar surface area (TPSA) is 61.5 Å². The van der Waals surface area contributed by atoms with Crippen molar-refractivity contribution in [2.24, 2.45) is 0 Å². The summed E-state index contributed by atoms with van der Waals surface area (Å²) in [7, 11) is 0. The molecule has 0 aliphatic carbocycles. The molecule has 0 saturated carbocycles. The smallest absolute Gasteiger partial charge is 0.392 e. The first-order valence-corrected chi connectivity index (χ1v) is 5.60. The molecule has 0 spiro atoms. The van der Waals surface area contributed by atoms with Gasteiger partial charge in [0.25, 0.3) is 0 Å². The number of carbonyl (C=O) groups is 1. The lowest BCUT2D eigenvalue weighted by Gasteiger charge is -2.12. The molecular weight excluding hydrogens is 263 g/mol. The van der Waals surface area contributed by atoms with E-state index in [0.29, 0.717) is 0 Å². The van der Waals surface area contributed by atoms with Crippen LogP contribution in [-0.4, -0.2) is 25.4 Å². The van der Waals surface area contributed by atoms with Crippen molar-refractivity contribution >= 4 is 11.7 Å². The number of nitrogens with two attached hydrogens (primary N) is 1. The van der Waals surface area contributed by atoms with Crippen LogP contribution < -0.4 is 10.5 Å². The molecule has 0 radical (unpaired) electrons. The molecule has 0 fully saturated rings. The normalized spacial score (nSPS) is 11.2. The van der Waals surface area contributed by atoms with Crippen LogP contribution in [0, 0.1) is 0 Å². The zero-order chi connectivity index (χ0) is 14.5. The van der Waals surface area contributed by atoms with Crippen LogP contribution in [0.2, 0.25) is 0 Å². The van der Waals surface area contributed by atoms with Gasteiger partial charge in [-0.3, -0.25) is 0 Å². The van der Waals surface area contributed by atoms with E-state index in [1.807, 2.05) is 0 Å². The fourth-order valence-electron chi connectivity index (χ4n) is 1.33. The summed E-state index contributed by atoms with van der Waals surface area (Å²) < 4.78 is 45.6. The minimum atomic E-state index is -4.30. The van der Waals surface area contributed by atoms with E-state index in [1.54, 1.807) is 6.92 Å². The monoisotopic (exact) mass is 277 g/mol. The molecule has 0 atom stereocenters. The molecule has 2 N–H and O–H groups in total. The molecule has 4 nitrogen and oxygen atoms in total. The van der Waals surface area contributed by atoms with E-state index in [0.717, 1.165) is 0 Å². The summed E-state index contributed by atoms with van der Waals surface area (Å²) in [5.74, 6) is -0.601.